The molecule has 0 unspecified atom stereocenters. The standard InChI is InChI=1S/C23H24N2O3S2/c1-17-7-9-20(29-2)16-22(17)23(26)24-11-13-25(14-12-24)30(27,28)21-10-8-18-5-3-4-6-19(18)15-21/h3-10,15-16H,11-14H2,1-2H3. The molecule has 1 saturated heterocycles. The summed E-state index contributed by atoms with van der Waals surface area (Å²) < 4.78 is 27.7. The third kappa shape index (κ3) is 3.97. The highest BCUT2D eigenvalue weighted by Crippen LogP contribution is 2.24. The summed E-state index contributed by atoms with van der Waals surface area (Å²) in [5.41, 5.74) is 1.62. The van der Waals surface area contributed by atoms with E-state index in [2.05, 4.69) is 0 Å². The normalized spacial score (nSPS) is 15.5. The zero-order chi connectivity index (χ0) is 21.3. The van der Waals surface area contributed by atoms with Gasteiger partial charge in [0.2, 0.25) is 10.0 Å². The quantitative estimate of drug-likeness (QED) is 0.575. The molecule has 1 aliphatic heterocycles. The van der Waals surface area contributed by atoms with Gasteiger partial charge in [0.25, 0.3) is 5.91 Å². The number of nitrogens with zero attached hydrogens (tertiary/aromatic N) is 2. The van der Waals surface area contributed by atoms with Crippen LogP contribution >= 0.6 is 11.8 Å². The second-order valence-corrected chi connectivity index (χ2v) is 10.2. The van der Waals surface area contributed by atoms with Crippen molar-refractivity contribution in [1.29, 1.82) is 0 Å². The molecule has 3 aromatic carbocycles. The van der Waals surface area contributed by atoms with E-state index in [1.807, 2.05) is 61.7 Å². The Kier molecular flexibility index (Phi) is 5.86. The Bertz CT molecular complexity index is 1200. The van der Waals surface area contributed by atoms with Gasteiger partial charge in [0.05, 0.1) is 4.90 Å². The summed E-state index contributed by atoms with van der Waals surface area (Å²) in [7, 11) is -3.59. The number of aryl methyl sites for hydroxylation is 1. The first kappa shape index (κ1) is 20.9. The fraction of sp³-hybridized carbons (Fsp3) is 0.261. The van der Waals surface area contributed by atoms with Gasteiger partial charge in [-0.05, 0) is 53.8 Å². The van der Waals surface area contributed by atoms with Crippen molar-refractivity contribution < 1.29 is 13.2 Å². The Balaban J connectivity index is 1.50. The molecule has 1 aliphatic rings. The number of hydrogen-bond acceptors (Lipinski definition) is 4. The summed E-state index contributed by atoms with van der Waals surface area (Å²) in [6.07, 6.45) is 1.98. The average Bonchev–Trinajstić information content (AvgIpc) is 2.78. The first-order valence-corrected chi connectivity index (χ1v) is 12.5. The topological polar surface area (TPSA) is 57.7 Å². The van der Waals surface area contributed by atoms with Crippen LogP contribution in [0.1, 0.15) is 15.9 Å². The van der Waals surface area contributed by atoms with Gasteiger partial charge < -0.3 is 4.90 Å². The second-order valence-electron chi connectivity index (χ2n) is 7.39. The predicted molar refractivity (Wildman–Crippen MR) is 122 cm³/mol. The molecule has 0 saturated carbocycles. The van der Waals surface area contributed by atoms with Crippen LogP contribution in [-0.4, -0.2) is 56.0 Å². The molecule has 0 N–H and O–H groups in total. The lowest BCUT2D eigenvalue weighted by molar-refractivity contribution is 0.0697. The van der Waals surface area contributed by atoms with Gasteiger partial charge in [-0.1, -0.05) is 36.4 Å². The van der Waals surface area contributed by atoms with Crippen molar-refractivity contribution >= 4 is 38.5 Å². The van der Waals surface area contributed by atoms with Crippen LogP contribution in [0, 0.1) is 6.92 Å². The first-order valence-electron chi connectivity index (χ1n) is 9.83. The molecule has 0 aliphatic carbocycles. The number of fused-ring (bicyclic) bond motifs is 1. The number of carbonyl (C=O) groups is 1. The second kappa shape index (κ2) is 8.41. The van der Waals surface area contributed by atoms with Gasteiger partial charge in [0, 0.05) is 36.6 Å². The highest BCUT2D eigenvalue weighted by Gasteiger charge is 2.31. The minimum absolute atomic E-state index is 0.0360. The predicted octanol–water partition coefficient (Wildman–Crippen LogP) is 4.02. The fourth-order valence-corrected chi connectivity index (χ4v) is 5.64. The summed E-state index contributed by atoms with van der Waals surface area (Å²) in [6.45, 7) is 3.28. The SMILES string of the molecule is CSc1ccc(C)c(C(=O)N2CCN(S(=O)(=O)c3ccc4ccccc4c3)CC2)c1. The Labute approximate surface area is 181 Å². The van der Waals surface area contributed by atoms with E-state index >= 15 is 0 Å². The molecule has 1 amide bonds. The summed E-state index contributed by atoms with van der Waals surface area (Å²) in [5.74, 6) is -0.0360. The summed E-state index contributed by atoms with van der Waals surface area (Å²) >= 11 is 1.60. The molecule has 0 aromatic heterocycles. The van der Waals surface area contributed by atoms with Crippen molar-refractivity contribution in [3.8, 4) is 0 Å². The minimum Gasteiger partial charge on any atom is -0.336 e. The highest BCUT2D eigenvalue weighted by atomic mass is 32.2. The van der Waals surface area contributed by atoms with E-state index in [0.717, 1.165) is 21.2 Å². The van der Waals surface area contributed by atoms with Crippen LogP contribution in [-0.2, 0) is 10.0 Å². The molecule has 30 heavy (non-hydrogen) atoms. The third-order valence-corrected chi connectivity index (χ3v) is 8.18. The van der Waals surface area contributed by atoms with Gasteiger partial charge in [0.1, 0.15) is 0 Å². The van der Waals surface area contributed by atoms with Crippen LogP contribution < -0.4 is 0 Å². The van der Waals surface area contributed by atoms with E-state index in [9.17, 15) is 13.2 Å². The highest BCUT2D eigenvalue weighted by molar-refractivity contribution is 7.98. The fourth-order valence-electron chi connectivity index (χ4n) is 3.74. The molecule has 1 fully saturated rings. The molecule has 0 spiro atoms. The van der Waals surface area contributed by atoms with Crippen LogP contribution in [0.3, 0.4) is 0 Å². The molecule has 0 bridgehead atoms. The maximum atomic E-state index is 13.1. The zero-order valence-electron chi connectivity index (χ0n) is 17.0. The van der Waals surface area contributed by atoms with Gasteiger partial charge in [0.15, 0.2) is 0 Å². The Morgan fingerprint density at radius 1 is 0.900 bits per heavy atom. The van der Waals surface area contributed by atoms with E-state index in [4.69, 9.17) is 0 Å². The largest absolute Gasteiger partial charge is 0.336 e. The van der Waals surface area contributed by atoms with Crippen LogP contribution in [0.4, 0.5) is 0 Å². The lowest BCUT2D eigenvalue weighted by atomic mass is 10.1. The Hall–Kier alpha value is -2.35. The summed E-state index contributed by atoms with van der Waals surface area (Å²) in [5, 5.41) is 1.91. The third-order valence-electron chi connectivity index (χ3n) is 5.56. The van der Waals surface area contributed by atoms with Crippen LogP contribution in [0.15, 0.2) is 70.5 Å². The van der Waals surface area contributed by atoms with Gasteiger partial charge in [-0.25, -0.2) is 8.42 Å². The smallest absolute Gasteiger partial charge is 0.254 e. The van der Waals surface area contributed by atoms with Crippen molar-refractivity contribution in [1.82, 2.24) is 9.21 Å². The van der Waals surface area contributed by atoms with E-state index in [1.54, 1.807) is 28.8 Å². The number of thioether (sulfide) groups is 1. The lowest BCUT2D eigenvalue weighted by Crippen LogP contribution is -2.50. The molecule has 0 atom stereocenters. The number of piperazine rings is 1. The van der Waals surface area contributed by atoms with Gasteiger partial charge in [-0.2, -0.15) is 4.31 Å². The molecule has 7 heteroatoms. The number of benzene rings is 3. The molecule has 156 valence electrons. The molecule has 3 aromatic rings. The molecular weight excluding hydrogens is 416 g/mol. The van der Waals surface area contributed by atoms with Crippen molar-refractivity contribution in [3.05, 3.63) is 71.8 Å². The zero-order valence-corrected chi connectivity index (χ0v) is 18.7. The summed E-state index contributed by atoms with van der Waals surface area (Å²) in [6, 6.07) is 18.8. The number of amides is 1. The van der Waals surface area contributed by atoms with Crippen molar-refractivity contribution in [2.24, 2.45) is 0 Å². The number of rotatable bonds is 4. The number of sulfonamides is 1. The number of hydrogen-bond donors (Lipinski definition) is 0. The lowest BCUT2D eigenvalue weighted by Gasteiger charge is -2.34. The molecule has 5 nitrogen and oxygen atoms in total. The molecule has 0 radical (unpaired) electrons. The Morgan fingerprint density at radius 2 is 1.60 bits per heavy atom. The van der Waals surface area contributed by atoms with E-state index in [-0.39, 0.29) is 5.91 Å². The van der Waals surface area contributed by atoms with Crippen molar-refractivity contribution in [2.45, 2.75) is 16.7 Å². The van der Waals surface area contributed by atoms with E-state index < -0.39 is 10.0 Å². The number of carbonyl (C=O) groups excluding carboxylic acids is 1. The van der Waals surface area contributed by atoms with E-state index in [0.29, 0.717) is 36.6 Å². The van der Waals surface area contributed by atoms with Gasteiger partial charge >= 0.3 is 0 Å². The summed E-state index contributed by atoms with van der Waals surface area (Å²) in [4.78, 5) is 16.1. The van der Waals surface area contributed by atoms with Crippen molar-refractivity contribution in [3.63, 3.8) is 0 Å². The maximum Gasteiger partial charge on any atom is 0.254 e. The molecule has 4 rings (SSSR count). The van der Waals surface area contributed by atoms with Gasteiger partial charge in [-0.15, -0.1) is 11.8 Å². The molecule has 1 heterocycles. The van der Waals surface area contributed by atoms with Crippen LogP contribution in [0.2, 0.25) is 0 Å². The van der Waals surface area contributed by atoms with Crippen LogP contribution in [0.5, 0.6) is 0 Å². The van der Waals surface area contributed by atoms with Gasteiger partial charge in [-0.3, -0.25) is 4.79 Å². The van der Waals surface area contributed by atoms with E-state index in [1.165, 1.54) is 4.31 Å². The average molecular weight is 441 g/mol. The first-order chi connectivity index (χ1) is 14.4. The monoisotopic (exact) mass is 440 g/mol. The maximum absolute atomic E-state index is 13.1. The Morgan fingerprint density at radius 3 is 2.30 bits per heavy atom. The van der Waals surface area contributed by atoms with Crippen molar-refractivity contribution in [2.75, 3.05) is 32.4 Å². The molecular formula is C23H24N2O3S2. The minimum atomic E-state index is -3.59. The van der Waals surface area contributed by atoms with Crippen LogP contribution in [0.25, 0.3) is 10.8 Å².